The van der Waals surface area contributed by atoms with E-state index in [9.17, 15) is 9.59 Å². The van der Waals surface area contributed by atoms with Gasteiger partial charge in [-0.2, -0.15) is 5.10 Å². The molecule has 0 unspecified atom stereocenters. The van der Waals surface area contributed by atoms with Crippen LogP contribution in [0.25, 0.3) is 11.0 Å². The molecule has 164 valence electrons. The van der Waals surface area contributed by atoms with Crippen molar-refractivity contribution < 1.29 is 19.1 Å². The highest BCUT2D eigenvalue weighted by molar-refractivity contribution is 6.04. The van der Waals surface area contributed by atoms with Crippen molar-refractivity contribution in [1.29, 1.82) is 0 Å². The number of benzene rings is 1. The number of hydrogen-bond acceptors (Lipinski definition) is 6. The van der Waals surface area contributed by atoms with E-state index < -0.39 is 5.91 Å². The largest absolute Gasteiger partial charge is 0.483 e. The number of primary amides is 1. The molecule has 0 bridgehead atoms. The highest BCUT2D eigenvalue weighted by atomic mass is 16.6. The average Bonchev–Trinajstić information content (AvgIpc) is 3.25. The van der Waals surface area contributed by atoms with Crippen molar-refractivity contribution in [1.82, 2.24) is 19.3 Å². The van der Waals surface area contributed by atoms with Gasteiger partial charge >= 0.3 is 0 Å². The van der Waals surface area contributed by atoms with Crippen molar-refractivity contribution >= 4 is 28.8 Å². The van der Waals surface area contributed by atoms with E-state index in [0.29, 0.717) is 60.3 Å². The van der Waals surface area contributed by atoms with Crippen LogP contribution in [0.1, 0.15) is 46.8 Å². The molecule has 2 amide bonds. The van der Waals surface area contributed by atoms with Crippen LogP contribution in [0.15, 0.2) is 18.2 Å². The van der Waals surface area contributed by atoms with Crippen LogP contribution in [0.4, 0.5) is 5.95 Å². The summed E-state index contributed by atoms with van der Waals surface area (Å²) in [7, 11) is 0. The third-order valence-corrected chi connectivity index (χ3v) is 5.10. The van der Waals surface area contributed by atoms with Crippen molar-refractivity contribution in [3.63, 3.8) is 0 Å². The maximum absolute atomic E-state index is 13.0. The number of hydrogen-bond donors (Lipinski definition) is 2. The maximum Gasteiger partial charge on any atom is 0.276 e. The van der Waals surface area contributed by atoms with Gasteiger partial charge in [0, 0.05) is 18.7 Å². The summed E-state index contributed by atoms with van der Waals surface area (Å²) in [6.45, 7) is 7.94. The van der Waals surface area contributed by atoms with Crippen molar-refractivity contribution in [2.24, 2.45) is 5.73 Å². The third kappa shape index (κ3) is 3.98. The lowest BCUT2D eigenvalue weighted by Crippen LogP contribution is -2.38. The SMILES string of the molecule is CCCn1c(NC(=O)c2cc(C)nn2CC)nc2cc(C(N)=O)cc(OC3COC3)c21. The summed E-state index contributed by atoms with van der Waals surface area (Å²) in [6.07, 6.45) is 0.709. The molecule has 10 nitrogen and oxygen atoms in total. The fourth-order valence-corrected chi connectivity index (χ4v) is 3.60. The molecule has 3 N–H and O–H groups in total. The Morgan fingerprint density at radius 1 is 1.29 bits per heavy atom. The lowest BCUT2D eigenvalue weighted by Gasteiger charge is -2.27. The number of rotatable bonds is 8. The zero-order valence-corrected chi connectivity index (χ0v) is 17.8. The van der Waals surface area contributed by atoms with Crippen LogP contribution in [0.3, 0.4) is 0 Å². The van der Waals surface area contributed by atoms with E-state index in [1.165, 1.54) is 0 Å². The van der Waals surface area contributed by atoms with Crippen LogP contribution in [-0.2, 0) is 17.8 Å². The molecule has 0 saturated carbocycles. The predicted octanol–water partition coefficient (Wildman–Crippen LogP) is 2.10. The van der Waals surface area contributed by atoms with Crippen molar-refractivity contribution in [3.8, 4) is 5.75 Å². The third-order valence-electron chi connectivity index (χ3n) is 5.10. The Bertz CT molecular complexity index is 1140. The van der Waals surface area contributed by atoms with E-state index in [1.54, 1.807) is 22.9 Å². The minimum Gasteiger partial charge on any atom is -0.483 e. The molecule has 31 heavy (non-hydrogen) atoms. The minimum absolute atomic E-state index is 0.101. The predicted molar refractivity (Wildman–Crippen MR) is 114 cm³/mol. The van der Waals surface area contributed by atoms with Crippen LogP contribution >= 0.6 is 0 Å². The quantitative estimate of drug-likeness (QED) is 0.568. The van der Waals surface area contributed by atoms with Crippen molar-refractivity contribution in [3.05, 3.63) is 35.2 Å². The van der Waals surface area contributed by atoms with E-state index in [0.717, 1.165) is 12.1 Å². The molecule has 3 heterocycles. The van der Waals surface area contributed by atoms with Gasteiger partial charge in [0.25, 0.3) is 5.91 Å². The first-order valence-corrected chi connectivity index (χ1v) is 10.4. The van der Waals surface area contributed by atoms with Gasteiger partial charge in [0.2, 0.25) is 11.9 Å². The number of anilines is 1. The molecular formula is C21H26N6O4. The highest BCUT2D eigenvalue weighted by Gasteiger charge is 2.25. The topological polar surface area (TPSA) is 126 Å². The summed E-state index contributed by atoms with van der Waals surface area (Å²) in [5, 5.41) is 7.23. The van der Waals surface area contributed by atoms with Gasteiger partial charge in [0.15, 0.2) is 0 Å². The summed E-state index contributed by atoms with van der Waals surface area (Å²) in [5.41, 5.74) is 8.25. The summed E-state index contributed by atoms with van der Waals surface area (Å²) < 4.78 is 14.8. The Morgan fingerprint density at radius 3 is 2.68 bits per heavy atom. The van der Waals surface area contributed by atoms with Gasteiger partial charge in [-0.1, -0.05) is 6.92 Å². The van der Waals surface area contributed by atoms with Crippen molar-refractivity contribution in [2.45, 2.75) is 46.4 Å². The normalized spacial score (nSPS) is 13.9. The number of imidazole rings is 1. The number of ether oxygens (including phenoxy) is 2. The molecule has 0 aliphatic carbocycles. The first-order valence-electron chi connectivity index (χ1n) is 10.4. The Kier molecular flexibility index (Phi) is 5.64. The van der Waals surface area contributed by atoms with E-state index in [-0.39, 0.29) is 12.0 Å². The summed E-state index contributed by atoms with van der Waals surface area (Å²) in [6, 6.07) is 4.98. The molecule has 1 aromatic carbocycles. The van der Waals surface area contributed by atoms with Gasteiger partial charge in [-0.15, -0.1) is 0 Å². The fourth-order valence-electron chi connectivity index (χ4n) is 3.60. The van der Waals surface area contributed by atoms with Gasteiger partial charge in [0.1, 0.15) is 23.1 Å². The number of nitrogens with zero attached hydrogens (tertiary/aromatic N) is 4. The van der Waals surface area contributed by atoms with Gasteiger partial charge in [-0.25, -0.2) is 4.98 Å². The molecule has 2 aromatic heterocycles. The zero-order valence-electron chi connectivity index (χ0n) is 17.8. The van der Waals surface area contributed by atoms with Gasteiger partial charge in [-0.3, -0.25) is 19.6 Å². The maximum atomic E-state index is 13.0. The van der Waals surface area contributed by atoms with Crippen molar-refractivity contribution in [2.75, 3.05) is 18.5 Å². The molecule has 1 saturated heterocycles. The van der Waals surface area contributed by atoms with Crippen LogP contribution in [0, 0.1) is 6.92 Å². The first kappa shape index (κ1) is 20.9. The second kappa shape index (κ2) is 8.38. The second-order valence-electron chi connectivity index (χ2n) is 7.51. The molecule has 1 aliphatic heterocycles. The molecule has 1 fully saturated rings. The monoisotopic (exact) mass is 426 g/mol. The lowest BCUT2D eigenvalue weighted by atomic mass is 10.1. The fraction of sp³-hybridized carbons (Fsp3) is 0.429. The van der Waals surface area contributed by atoms with Gasteiger partial charge in [-0.05, 0) is 38.5 Å². The molecule has 0 atom stereocenters. The molecule has 0 spiro atoms. The van der Waals surface area contributed by atoms with Crippen LogP contribution in [0.2, 0.25) is 0 Å². The Hall–Kier alpha value is -3.40. The standard InChI is InChI=1S/C21H26N6O4/c1-4-6-26-18-15(8-13(19(22)28)9-17(18)31-14-10-30-11-14)23-21(26)24-20(29)16-7-12(3)25-27(16)5-2/h7-9,14H,4-6,10-11H2,1-3H3,(H2,22,28)(H,23,24,29). The Morgan fingerprint density at radius 2 is 2.06 bits per heavy atom. The number of aryl methyl sites for hydroxylation is 3. The molecule has 1 aliphatic rings. The van der Waals surface area contributed by atoms with E-state index >= 15 is 0 Å². The minimum atomic E-state index is -0.574. The second-order valence-corrected chi connectivity index (χ2v) is 7.51. The summed E-state index contributed by atoms with van der Waals surface area (Å²) in [5.74, 6) is -0.00941. The van der Waals surface area contributed by atoms with E-state index in [4.69, 9.17) is 15.2 Å². The Labute approximate surface area is 179 Å². The molecule has 0 radical (unpaired) electrons. The molecule has 10 heteroatoms. The highest BCUT2D eigenvalue weighted by Crippen LogP contribution is 2.32. The van der Waals surface area contributed by atoms with Gasteiger partial charge in [0.05, 0.1) is 24.4 Å². The number of fused-ring (bicyclic) bond motifs is 1. The van der Waals surface area contributed by atoms with E-state index in [2.05, 4.69) is 15.4 Å². The van der Waals surface area contributed by atoms with Crippen LogP contribution in [0.5, 0.6) is 5.75 Å². The first-order chi connectivity index (χ1) is 14.9. The van der Waals surface area contributed by atoms with Crippen LogP contribution in [-0.4, -0.2) is 50.5 Å². The average molecular weight is 426 g/mol. The number of carbonyl (C=O) groups is 2. The number of amides is 2. The zero-order chi connectivity index (χ0) is 22.1. The van der Waals surface area contributed by atoms with Crippen LogP contribution < -0.4 is 15.8 Å². The molecule has 3 aromatic rings. The molecular weight excluding hydrogens is 400 g/mol. The van der Waals surface area contributed by atoms with E-state index in [1.807, 2.05) is 25.3 Å². The summed E-state index contributed by atoms with van der Waals surface area (Å²) >= 11 is 0. The lowest BCUT2D eigenvalue weighted by molar-refractivity contribution is -0.0792. The smallest absolute Gasteiger partial charge is 0.276 e. The number of aromatic nitrogens is 4. The number of nitrogens with two attached hydrogens (primary N) is 1. The molecule has 4 rings (SSSR count). The van der Waals surface area contributed by atoms with Gasteiger partial charge < -0.3 is 19.8 Å². The summed E-state index contributed by atoms with van der Waals surface area (Å²) in [4.78, 5) is 29.4. The number of carbonyl (C=O) groups excluding carboxylic acids is 2. The Balaban J connectivity index is 1.79. The number of nitrogens with one attached hydrogen (secondary N) is 1.